The minimum absolute atomic E-state index is 0.393. The average Bonchev–Trinajstić information content (AvgIpc) is 2.56. The molecular formula is C11H12N2O2S. The van der Waals surface area contributed by atoms with Crippen molar-refractivity contribution in [1.29, 1.82) is 0 Å². The van der Waals surface area contributed by atoms with Crippen molar-refractivity contribution in [2.75, 3.05) is 12.8 Å². The lowest BCUT2D eigenvalue weighted by Gasteiger charge is -1.98. The van der Waals surface area contributed by atoms with Crippen molar-refractivity contribution in [3.63, 3.8) is 0 Å². The third-order valence-corrected chi connectivity index (χ3v) is 3.69. The fraction of sp³-hybridized carbons (Fsp3) is 0.273. The van der Waals surface area contributed by atoms with Crippen molar-refractivity contribution < 1.29 is 9.53 Å². The first-order valence-corrected chi connectivity index (χ1v) is 5.60. The van der Waals surface area contributed by atoms with Gasteiger partial charge in [0.1, 0.15) is 4.88 Å². The number of nitrogen functional groups attached to an aromatic ring is 1. The fourth-order valence-electron chi connectivity index (χ4n) is 1.67. The van der Waals surface area contributed by atoms with E-state index in [0.717, 1.165) is 21.5 Å². The summed E-state index contributed by atoms with van der Waals surface area (Å²) in [6, 6.07) is 1.89. The summed E-state index contributed by atoms with van der Waals surface area (Å²) in [4.78, 5) is 16.3. The molecule has 4 nitrogen and oxygen atoms in total. The maximum absolute atomic E-state index is 11.5. The number of thiophene rings is 1. The molecule has 0 bridgehead atoms. The monoisotopic (exact) mass is 236 g/mol. The van der Waals surface area contributed by atoms with E-state index in [1.807, 2.05) is 19.9 Å². The summed E-state index contributed by atoms with van der Waals surface area (Å²) in [5, 5.41) is 0.885. The van der Waals surface area contributed by atoms with E-state index in [1.165, 1.54) is 18.4 Å². The van der Waals surface area contributed by atoms with Crippen molar-refractivity contribution in [3.05, 3.63) is 22.3 Å². The van der Waals surface area contributed by atoms with Crippen LogP contribution < -0.4 is 5.73 Å². The maximum Gasteiger partial charge on any atom is 0.350 e. The van der Waals surface area contributed by atoms with Crippen molar-refractivity contribution in [1.82, 2.24) is 4.98 Å². The predicted molar refractivity (Wildman–Crippen MR) is 64.8 cm³/mol. The molecular weight excluding hydrogens is 224 g/mol. The van der Waals surface area contributed by atoms with Gasteiger partial charge in [0.2, 0.25) is 0 Å². The van der Waals surface area contributed by atoms with E-state index in [2.05, 4.69) is 9.72 Å². The third kappa shape index (κ3) is 1.53. The first kappa shape index (κ1) is 10.9. The molecule has 5 heteroatoms. The van der Waals surface area contributed by atoms with E-state index in [1.54, 1.807) is 0 Å². The van der Waals surface area contributed by atoms with Crippen LogP contribution in [0.15, 0.2) is 6.07 Å². The molecule has 0 spiro atoms. The minimum Gasteiger partial charge on any atom is -0.465 e. The number of hydrogen-bond acceptors (Lipinski definition) is 5. The summed E-state index contributed by atoms with van der Waals surface area (Å²) in [6.45, 7) is 3.81. The van der Waals surface area contributed by atoms with Crippen LogP contribution in [0.4, 0.5) is 5.69 Å². The highest BCUT2D eigenvalue weighted by molar-refractivity contribution is 7.21. The zero-order valence-corrected chi connectivity index (χ0v) is 10.1. The lowest BCUT2D eigenvalue weighted by Crippen LogP contribution is -2.01. The van der Waals surface area contributed by atoms with Gasteiger partial charge < -0.3 is 10.5 Å². The van der Waals surface area contributed by atoms with E-state index < -0.39 is 5.97 Å². The Morgan fingerprint density at radius 3 is 2.81 bits per heavy atom. The molecule has 2 heterocycles. The molecule has 84 valence electrons. The van der Waals surface area contributed by atoms with Crippen LogP contribution in [0.3, 0.4) is 0 Å². The van der Waals surface area contributed by atoms with E-state index in [0.29, 0.717) is 10.6 Å². The summed E-state index contributed by atoms with van der Waals surface area (Å²) in [7, 11) is 1.35. The van der Waals surface area contributed by atoms with Gasteiger partial charge in [-0.3, -0.25) is 4.98 Å². The van der Waals surface area contributed by atoms with Gasteiger partial charge in [0.25, 0.3) is 0 Å². The summed E-state index contributed by atoms with van der Waals surface area (Å²) in [5.41, 5.74) is 8.21. The fourth-order valence-corrected chi connectivity index (χ4v) is 2.73. The maximum atomic E-state index is 11.5. The Morgan fingerprint density at radius 2 is 2.19 bits per heavy atom. The second-order valence-corrected chi connectivity index (χ2v) is 4.58. The van der Waals surface area contributed by atoms with Gasteiger partial charge in [0.05, 0.1) is 23.2 Å². The number of rotatable bonds is 1. The van der Waals surface area contributed by atoms with Crippen molar-refractivity contribution >= 4 is 33.1 Å². The molecule has 0 aliphatic carbocycles. The highest BCUT2D eigenvalue weighted by atomic mass is 32.1. The minimum atomic E-state index is -0.393. The Hall–Kier alpha value is -1.62. The molecule has 0 amide bonds. The Balaban J connectivity index is 2.77. The molecule has 0 saturated heterocycles. The summed E-state index contributed by atoms with van der Waals surface area (Å²) >= 11 is 1.33. The van der Waals surface area contributed by atoms with Gasteiger partial charge in [-0.1, -0.05) is 0 Å². The second-order valence-electron chi connectivity index (χ2n) is 3.56. The standard InChI is InChI=1S/C11H12N2O2S/c1-5-4-7-8(12)10(11(14)15-3)16-9(7)6(2)13-5/h4H,12H2,1-3H3. The summed E-state index contributed by atoms with van der Waals surface area (Å²) in [6.07, 6.45) is 0. The van der Waals surface area contributed by atoms with Gasteiger partial charge in [-0.25, -0.2) is 4.79 Å². The Morgan fingerprint density at radius 1 is 1.50 bits per heavy atom. The molecule has 0 unspecified atom stereocenters. The molecule has 0 fully saturated rings. The predicted octanol–water partition coefficient (Wildman–Crippen LogP) is 2.28. The molecule has 0 radical (unpaired) electrons. The number of aromatic nitrogens is 1. The zero-order chi connectivity index (χ0) is 11.9. The second kappa shape index (κ2) is 3.75. The molecule has 0 aliphatic rings. The van der Waals surface area contributed by atoms with Crippen molar-refractivity contribution in [3.8, 4) is 0 Å². The van der Waals surface area contributed by atoms with Crippen LogP contribution in [0, 0.1) is 13.8 Å². The van der Waals surface area contributed by atoms with E-state index in [4.69, 9.17) is 5.73 Å². The Bertz CT molecular complexity index is 575. The summed E-state index contributed by atoms with van der Waals surface area (Å²) < 4.78 is 5.64. The lowest BCUT2D eigenvalue weighted by atomic mass is 10.2. The molecule has 0 aliphatic heterocycles. The highest BCUT2D eigenvalue weighted by Gasteiger charge is 2.18. The molecule has 2 aromatic heterocycles. The molecule has 2 aromatic rings. The number of nitrogens with zero attached hydrogens (tertiary/aromatic N) is 1. The topological polar surface area (TPSA) is 65.2 Å². The SMILES string of the molecule is COC(=O)c1sc2c(C)nc(C)cc2c1N. The molecule has 0 saturated carbocycles. The van der Waals surface area contributed by atoms with Crippen LogP contribution in [0.2, 0.25) is 0 Å². The van der Waals surface area contributed by atoms with Gasteiger partial charge in [-0.2, -0.15) is 0 Å². The number of aryl methyl sites for hydroxylation is 2. The van der Waals surface area contributed by atoms with Gasteiger partial charge in [0, 0.05) is 11.1 Å². The number of pyridine rings is 1. The number of esters is 1. The smallest absolute Gasteiger partial charge is 0.350 e. The van der Waals surface area contributed by atoms with Crippen LogP contribution in [0.5, 0.6) is 0 Å². The van der Waals surface area contributed by atoms with Gasteiger partial charge in [-0.05, 0) is 19.9 Å². The number of hydrogen-bond donors (Lipinski definition) is 1. The zero-order valence-electron chi connectivity index (χ0n) is 9.33. The Labute approximate surface area is 97.0 Å². The number of nitrogens with two attached hydrogens (primary N) is 1. The van der Waals surface area contributed by atoms with E-state index >= 15 is 0 Å². The molecule has 2 N–H and O–H groups in total. The van der Waals surface area contributed by atoms with Gasteiger partial charge >= 0.3 is 5.97 Å². The van der Waals surface area contributed by atoms with Crippen LogP contribution in [-0.2, 0) is 4.74 Å². The largest absolute Gasteiger partial charge is 0.465 e. The number of methoxy groups -OCH3 is 1. The van der Waals surface area contributed by atoms with Crippen LogP contribution in [-0.4, -0.2) is 18.1 Å². The molecule has 0 aromatic carbocycles. The van der Waals surface area contributed by atoms with Crippen molar-refractivity contribution in [2.24, 2.45) is 0 Å². The first-order valence-electron chi connectivity index (χ1n) is 4.79. The number of carbonyl (C=O) groups excluding carboxylic acids is 1. The number of carbonyl (C=O) groups is 1. The lowest BCUT2D eigenvalue weighted by molar-refractivity contribution is 0.0607. The van der Waals surface area contributed by atoms with Crippen LogP contribution in [0.1, 0.15) is 21.1 Å². The first-order chi connectivity index (χ1) is 7.54. The number of fused-ring (bicyclic) bond motifs is 1. The number of ether oxygens (including phenoxy) is 1. The van der Waals surface area contributed by atoms with E-state index in [9.17, 15) is 4.79 Å². The summed E-state index contributed by atoms with van der Waals surface area (Å²) in [5.74, 6) is -0.393. The van der Waals surface area contributed by atoms with E-state index in [-0.39, 0.29) is 0 Å². The van der Waals surface area contributed by atoms with Gasteiger partial charge in [-0.15, -0.1) is 11.3 Å². The molecule has 2 rings (SSSR count). The average molecular weight is 236 g/mol. The van der Waals surface area contributed by atoms with Crippen molar-refractivity contribution in [2.45, 2.75) is 13.8 Å². The Kier molecular flexibility index (Phi) is 2.55. The van der Waals surface area contributed by atoms with Crippen LogP contribution in [0.25, 0.3) is 10.1 Å². The normalized spacial score (nSPS) is 10.7. The van der Waals surface area contributed by atoms with Crippen LogP contribution >= 0.6 is 11.3 Å². The molecule has 16 heavy (non-hydrogen) atoms. The van der Waals surface area contributed by atoms with Gasteiger partial charge in [0.15, 0.2) is 0 Å². The molecule has 0 atom stereocenters. The highest BCUT2D eigenvalue weighted by Crippen LogP contribution is 2.35. The number of anilines is 1. The third-order valence-electron chi connectivity index (χ3n) is 2.38. The quantitative estimate of drug-likeness (QED) is 0.771.